The highest BCUT2D eigenvalue weighted by molar-refractivity contribution is 5.59. The average Bonchev–Trinajstić information content (AvgIpc) is 2.09. The molecule has 2 N–H and O–H groups in total. The SMILES string of the molecule is COc1cc(CC=O)ccc1N. The summed E-state index contributed by atoms with van der Waals surface area (Å²) in [5.41, 5.74) is 7.09. The Kier molecular flexibility index (Phi) is 2.69. The van der Waals surface area contributed by atoms with Crippen molar-refractivity contribution >= 4 is 12.0 Å². The number of benzene rings is 1. The summed E-state index contributed by atoms with van der Waals surface area (Å²) in [6, 6.07) is 5.31. The van der Waals surface area contributed by atoms with E-state index in [2.05, 4.69) is 0 Å². The normalized spacial score (nSPS) is 9.42. The molecule has 0 saturated heterocycles. The van der Waals surface area contributed by atoms with Crippen LogP contribution >= 0.6 is 0 Å². The van der Waals surface area contributed by atoms with Gasteiger partial charge in [0, 0.05) is 6.42 Å². The van der Waals surface area contributed by atoms with E-state index in [1.165, 1.54) is 0 Å². The number of nitrogens with two attached hydrogens (primary N) is 1. The van der Waals surface area contributed by atoms with E-state index >= 15 is 0 Å². The Morgan fingerprint density at radius 2 is 2.33 bits per heavy atom. The van der Waals surface area contributed by atoms with Crippen molar-refractivity contribution in [2.24, 2.45) is 0 Å². The fraction of sp³-hybridized carbons (Fsp3) is 0.222. The van der Waals surface area contributed by atoms with Crippen LogP contribution in [0, 0.1) is 0 Å². The van der Waals surface area contributed by atoms with Crippen molar-refractivity contribution < 1.29 is 9.53 Å². The molecular formula is C9H11NO2. The summed E-state index contributed by atoms with van der Waals surface area (Å²) in [6.45, 7) is 0. The molecule has 3 heteroatoms. The predicted molar refractivity (Wildman–Crippen MR) is 47.2 cm³/mol. The summed E-state index contributed by atoms with van der Waals surface area (Å²) in [5, 5.41) is 0. The Morgan fingerprint density at radius 1 is 1.58 bits per heavy atom. The number of hydrogen-bond acceptors (Lipinski definition) is 3. The van der Waals surface area contributed by atoms with E-state index in [1.807, 2.05) is 6.07 Å². The van der Waals surface area contributed by atoms with Gasteiger partial charge in [0.1, 0.15) is 12.0 Å². The molecular weight excluding hydrogens is 154 g/mol. The smallest absolute Gasteiger partial charge is 0.142 e. The van der Waals surface area contributed by atoms with Gasteiger partial charge in [0.05, 0.1) is 12.8 Å². The molecule has 0 radical (unpaired) electrons. The molecule has 0 aliphatic carbocycles. The second kappa shape index (κ2) is 3.76. The molecule has 1 aromatic carbocycles. The third-order valence-corrected chi connectivity index (χ3v) is 1.62. The van der Waals surface area contributed by atoms with Gasteiger partial charge in [0.25, 0.3) is 0 Å². The number of carbonyl (C=O) groups excluding carboxylic acids is 1. The lowest BCUT2D eigenvalue weighted by molar-refractivity contribution is -0.107. The lowest BCUT2D eigenvalue weighted by atomic mass is 10.1. The second-order valence-electron chi connectivity index (χ2n) is 2.45. The van der Waals surface area contributed by atoms with Crippen LogP contribution in [0.5, 0.6) is 5.75 Å². The van der Waals surface area contributed by atoms with Crippen molar-refractivity contribution in [3.63, 3.8) is 0 Å². The highest BCUT2D eigenvalue weighted by Crippen LogP contribution is 2.21. The quantitative estimate of drug-likeness (QED) is 0.537. The first-order chi connectivity index (χ1) is 5.77. The Balaban J connectivity index is 2.96. The van der Waals surface area contributed by atoms with Crippen LogP contribution in [0.2, 0.25) is 0 Å². The van der Waals surface area contributed by atoms with Crippen LogP contribution < -0.4 is 10.5 Å². The molecule has 0 heterocycles. The van der Waals surface area contributed by atoms with Crippen molar-refractivity contribution in [1.82, 2.24) is 0 Å². The van der Waals surface area contributed by atoms with Crippen molar-refractivity contribution in [3.05, 3.63) is 23.8 Å². The van der Waals surface area contributed by atoms with Crippen molar-refractivity contribution in [3.8, 4) is 5.75 Å². The maximum atomic E-state index is 10.2. The number of ether oxygens (including phenoxy) is 1. The molecule has 64 valence electrons. The highest BCUT2D eigenvalue weighted by Gasteiger charge is 1.99. The number of anilines is 1. The van der Waals surface area contributed by atoms with Gasteiger partial charge in [0.15, 0.2) is 0 Å². The maximum Gasteiger partial charge on any atom is 0.142 e. The highest BCUT2D eigenvalue weighted by atomic mass is 16.5. The maximum absolute atomic E-state index is 10.2. The molecule has 0 aliphatic rings. The van der Waals surface area contributed by atoms with E-state index < -0.39 is 0 Å². The zero-order valence-corrected chi connectivity index (χ0v) is 6.91. The zero-order chi connectivity index (χ0) is 8.97. The van der Waals surface area contributed by atoms with Gasteiger partial charge in [-0.15, -0.1) is 0 Å². The van der Waals surface area contributed by atoms with E-state index in [9.17, 15) is 4.79 Å². The Morgan fingerprint density at radius 3 is 2.92 bits per heavy atom. The molecule has 0 unspecified atom stereocenters. The van der Waals surface area contributed by atoms with E-state index in [-0.39, 0.29) is 0 Å². The molecule has 0 spiro atoms. The summed E-state index contributed by atoms with van der Waals surface area (Å²) in [7, 11) is 1.55. The molecule has 1 aromatic rings. The molecule has 12 heavy (non-hydrogen) atoms. The Labute approximate surface area is 71.1 Å². The Hall–Kier alpha value is -1.51. The van der Waals surface area contributed by atoms with Crippen LogP contribution in [-0.4, -0.2) is 13.4 Å². The van der Waals surface area contributed by atoms with E-state index in [0.29, 0.717) is 17.9 Å². The van der Waals surface area contributed by atoms with Gasteiger partial charge >= 0.3 is 0 Å². The van der Waals surface area contributed by atoms with Crippen LogP contribution in [0.1, 0.15) is 5.56 Å². The van der Waals surface area contributed by atoms with E-state index in [1.54, 1.807) is 19.2 Å². The van der Waals surface area contributed by atoms with Crippen LogP contribution in [0.15, 0.2) is 18.2 Å². The minimum atomic E-state index is 0.399. The summed E-state index contributed by atoms with van der Waals surface area (Å²) >= 11 is 0. The monoisotopic (exact) mass is 165 g/mol. The lowest BCUT2D eigenvalue weighted by Crippen LogP contribution is -1.94. The average molecular weight is 165 g/mol. The third-order valence-electron chi connectivity index (χ3n) is 1.62. The topological polar surface area (TPSA) is 52.3 Å². The Bertz CT molecular complexity index is 284. The number of carbonyl (C=O) groups is 1. The molecule has 0 saturated carbocycles. The largest absolute Gasteiger partial charge is 0.495 e. The summed E-state index contributed by atoms with van der Waals surface area (Å²) < 4.78 is 4.99. The molecule has 0 aliphatic heterocycles. The standard InChI is InChI=1S/C9H11NO2/c1-12-9-6-7(4-5-11)2-3-8(9)10/h2-3,5-6H,4,10H2,1H3. The van der Waals surface area contributed by atoms with Crippen molar-refractivity contribution in [1.29, 1.82) is 0 Å². The van der Waals surface area contributed by atoms with Gasteiger partial charge in [-0.1, -0.05) is 6.07 Å². The molecule has 3 nitrogen and oxygen atoms in total. The first-order valence-corrected chi connectivity index (χ1v) is 3.64. The van der Waals surface area contributed by atoms with Gasteiger partial charge in [-0.25, -0.2) is 0 Å². The third kappa shape index (κ3) is 1.75. The van der Waals surface area contributed by atoms with Gasteiger partial charge in [0.2, 0.25) is 0 Å². The van der Waals surface area contributed by atoms with E-state index in [0.717, 1.165) is 11.8 Å². The van der Waals surface area contributed by atoms with Crippen molar-refractivity contribution in [2.75, 3.05) is 12.8 Å². The second-order valence-corrected chi connectivity index (χ2v) is 2.45. The number of nitrogen functional groups attached to an aromatic ring is 1. The molecule has 0 bridgehead atoms. The summed E-state index contributed by atoms with van der Waals surface area (Å²) in [4.78, 5) is 10.2. The molecule has 0 atom stereocenters. The first kappa shape index (κ1) is 8.59. The summed E-state index contributed by atoms with van der Waals surface area (Å²) in [5.74, 6) is 0.620. The summed E-state index contributed by atoms with van der Waals surface area (Å²) in [6.07, 6.45) is 1.25. The number of aldehydes is 1. The van der Waals surface area contributed by atoms with Crippen LogP contribution in [-0.2, 0) is 11.2 Å². The zero-order valence-electron chi connectivity index (χ0n) is 6.91. The fourth-order valence-electron chi connectivity index (χ4n) is 0.979. The number of methoxy groups -OCH3 is 1. The molecule has 1 rings (SSSR count). The predicted octanol–water partition coefficient (Wildman–Crippen LogP) is 1.02. The minimum Gasteiger partial charge on any atom is -0.495 e. The van der Waals surface area contributed by atoms with Gasteiger partial charge < -0.3 is 15.3 Å². The molecule has 0 fully saturated rings. The van der Waals surface area contributed by atoms with E-state index in [4.69, 9.17) is 10.5 Å². The van der Waals surface area contributed by atoms with Gasteiger partial charge in [-0.3, -0.25) is 0 Å². The van der Waals surface area contributed by atoms with Crippen LogP contribution in [0.3, 0.4) is 0 Å². The number of rotatable bonds is 3. The molecule has 0 amide bonds. The van der Waals surface area contributed by atoms with Crippen LogP contribution in [0.4, 0.5) is 5.69 Å². The first-order valence-electron chi connectivity index (χ1n) is 3.64. The lowest BCUT2D eigenvalue weighted by Gasteiger charge is -2.04. The fourth-order valence-corrected chi connectivity index (χ4v) is 0.979. The van der Waals surface area contributed by atoms with Gasteiger partial charge in [-0.05, 0) is 17.7 Å². The van der Waals surface area contributed by atoms with Crippen LogP contribution in [0.25, 0.3) is 0 Å². The van der Waals surface area contributed by atoms with Gasteiger partial charge in [-0.2, -0.15) is 0 Å². The molecule has 0 aromatic heterocycles. The number of hydrogen-bond donors (Lipinski definition) is 1. The van der Waals surface area contributed by atoms with Crippen molar-refractivity contribution in [2.45, 2.75) is 6.42 Å². The minimum absolute atomic E-state index is 0.399.